The molecule has 1 aliphatic heterocycles. The summed E-state index contributed by atoms with van der Waals surface area (Å²) < 4.78 is 79.5. The highest BCUT2D eigenvalue weighted by Gasteiger charge is 2.32. The Hall–Kier alpha value is -4.03. The van der Waals surface area contributed by atoms with Crippen LogP contribution >= 0.6 is 0 Å². The minimum Gasteiger partial charge on any atom is -0.368 e. The van der Waals surface area contributed by atoms with E-state index in [2.05, 4.69) is 9.97 Å². The normalized spacial score (nSPS) is 15.0. The van der Waals surface area contributed by atoms with Crippen LogP contribution in [0.4, 0.5) is 32.0 Å². The monoisotopic (exact) mass is 537 g/mol. The van der Waals surface area contributed by atoms with Crippen LogP contribution in [0.1, 0.15) is 17.5 Å². The summed E-state index contributed by atoms with van der Waals surface area (Å²) >= 11 is 0. The van der Waals surface area contributed by atoms with E-state index in [-0.39, 0.29) is 35.3 Å². The molecule has 38 heavy (non-hydrogen) atoms. The largest absolute Gasteiger partial charge is 0.416 e. The Balaban J connectivity index is 1.24. The zero-order valence-electron chi connectivity index (χ0n) is 19.7. The van der Waals surface area contributed by atoms with Gasteiger partial charge in [-0.25, -0.2) is 4.98 Å². The first-order valence-corrected chi connectivity index (χ1v) is 11.7. The third-order valence-corrected chi connectivity index (χ3v) is 6.64. The molecule has 1 aliphatic rings. The van der Waals surface area contributed by atoms with Gasteiger partial charge in [0.05, 0.1) is 17.5 Å². The lowest BCUT2D eigenvalue weighted by molar-refractivity contribution is -0.138. The number of aromatic amines is 1. The molecule has 1 amide bonds. The van der Waals surface area contributed by atoms with Crippen molar-refractivity contribution >= 4 is 33.5 Å². The second-order valence-corrected chi connectivity index (χ2v) is 9.02. The second-order valence-electron chi connectivity index (χ2n) is 9.02. The molecule has 0 saturated carbocycles. The molecule has 4 aromatic rings. The number of halogens is 6. The number of nitrogens with zero attached hydrogens (tertiary/aromatic N) is 4. The summed E-state index contributed by atoms with van der Waals surface area (Å²) in [5.74, 6) is -0.229. The van der Waals surface area contributed by atoms with Gasteiger partial charge in [0.2, 0.25) is 5.91 Å². The van der Waals surface area contributed by atoms with Crippen LogP contribution in [0.5, 0.6) is 0 Å². The number of aromatic nitrogens is 3. The third-order valence-electron chi connectivity index (χ3n) is 6.64. The number of anilines is 1. The molecule has 2 aromatic heterocycles. The smallest absolute Gasteiger partial charge is 0.368 e. The van der Waals surface area contributed by atoms with Crippen molar-refractivity contribution in [1.82, 2.24) is 19.4 Å². The van der Waals surface area contributed by atoms with Crippen molar-refractivity contribution < 1.29 is 31.1 Å². The van der Waals surface area contributed by atoms with E-state index in [4.69, 9.17) is 0 Å². The highest BCUT2D eigenvalue weighted by molar-refractivity contribution is 6.04. The van der Waals surface area contributed by atoms with Crippen molar-refractivity contribution in [3.63, 3.8) is 0 Å². The Morgan fingerprint density at radius 2 is 1.61 bits per heavy atom. The molecular weight excluding hydrogens is 516 g/mol. The summed E-state index contributed by atoms with van der Waals surface area (Å²) in [4.78, 5) is 36.0. The van der Waals surface area contributed by atoms with Crippen molar-refractivity contribution in [2.75, 3.05) is 31.1 Å². The van der Waals surface area contributed by atoms with Crippen molar-refractivity contribution in [1.29, 1.82) is 0 Å². The van der Waals surface area contributed by atoms with Gasteiger partial charge in [0.25, 0.3) is 5.56 Å². The summed E-state index contributed by atoms with van der Waals surface area (Å²) in [6.07, 6.45) is -7.79. The fraction of sp³-hybridized carbons (Fsp3) is 0.320. The van der Waals surface area contributed by atoms with Gasteiger partial charge in [-0.3, -0.25) is 14.2 Å². The Bertz CT molecular complexity index is 1560. The van der Waals surface area contributed by atoms with E-state index in [1.165, 1.54) is 23.0 Å². The Morgan fingerprint density at radius 3 is 2.29 bits per heavy atom. The Kier molecular flexibility index (Phi) is 6.32. The molecule has 0 aliphatic carbocycles. The van der Waals surface area contributed by atoms with Crippen molar-refractivity contribution in [2.24, 2.45) is 0 Å². The highest BCUT2D eigenvalue weighted by atomic mass is 19.4. The predicted octanol–water partition coefficient (Wildman–Crippen LogP) is 4.65. The highest BCUT2D eigenvalue weighted by Crippen LogP contribution is 2.33. The fourth-order valence-electron chi connectivity index (χ4n) is 4.59. The molecule has 7 nitrogen and oxygen atoms in total. The number of nitrogens with one attached hydrogen (secondary N) is 1. The summed E-state index contributed by atoms with van der Waals surface area (Å²) in [7, 11) is 0. The van der Waals surface area contributed by atoms with Gasteiger partial charge in [0.1, 0.15) is 11.0 Å². The number of carbonyl (C=O) groups is 1. The van der Waals surface area contributed by atoms with E-state index in [1.54, 1.807) is 15.9 Å². The van der Waals surface area contributed by atoms with Gasteiger partial charge in [0, 0.05) is 55.7 Å². The van der Waals surface area contributed by atoms with Crippen molar-refractivity contribution in [3.05, 3.63) is 70.3 Å². The number of carbonyl (C=O) groups excluding carboxylic acids is 1. The molecule has 0 unspecified atom stereocenters. The van der Waals surface area contributed by atoms with Gasteiger partial charge in [0.15, 0.2) is 0 Å². The quantitative estimate of drug-likeness (QED) is 0.385. The van der Waals surface area contributed by atoms with Crippen LogP contribution in [0.3, 0.4) is 0 Å². The number of piperazine rings is 1. The molecule has 2 aromatic carbocycles. The minimum atomic E-state index is -4.54. The molecule has 5 rings (SSSR count). The Labute approximate surface area is 211 Å². The van der Waals surface area contributed by atoms with E-state index in [0.29, 0.717) is 37.4 Å². The molecule has 13 heteroatoms. The van der Waals surface area contributed by atoms with Crippen LogP contribution in [0.2, 0.25) is 0 Å². The molecule has 3 heterocycles. The molecule has 200 valence electrons. The standard InChI is InChI=1S/C25H21F6N5O2/c26-24(27,28)15-2-1-3-17(12-15)34-8-10-35(11-9-34)20(37)6-7-36-14-32-21-18-13-16(25(29,30)31)4-5-19(18)33-22(21)23(36)38/h1-5,12-14,33H,6-11H2. The number of aryl methyl sites for hydroxylation is 1. The van der Waals surface area contributed by atoms with E-state index >= 15 is 0 Å². The lowest BCUT2D eigenvalue weighted by Gasteiger charge is -2.36. The number of hydrogen-bond acceptors (Lipinski definition) is 4. The van der Waals surface area contributed by atoms with Crippen LogP contribution in [0.25, 0.3) is 21.9 Å². The van der Waals surface area contributed by atoms with E-state index in [1.807, 2.05) is 0 Å². The van der Waals surface area contributed by atoms with Gasteiger partial charge >= 0.3 is 12.4 Å². The molecule has 1 N–H and O–H groups in total. The molecule has 1 saturated heterocycles. The summed E-state index contributed by atoms with van der Waals surface area (Å²) in [5.41, 5.74) is -1.17. The number of H-pyrrole nitrogens is 1. The number of fused-ring (bicyclic) bond motifs is 3. The van der Waals surface area contributed by atoms with Crippen LogP contribution in [-0.4, -0.2) is 51.5 Å². The topological polar surface area (TPSA) is 74.2 Å². The molecule has 0 bridgehead atoms. The van der Waals surface area contributed by atoms with E-state index in [0.717, 1.165) is 24.3 Å². The Morgan fingerprint density at radius 1 is 0.921 bits per heavy atom. The third kappa shape index (κ3) is 4.92. The van der Waals surface area contributed by atoms with Crippen LogP contribution in [0.15, 0.2) is 53.6 Å². The molecule has 0 spiro atoms. The van der Waals surface area contributed by atoms with Crippen LogP contribution in [0, 0.1) is 0 Å². The average Bonchev–Trinajstić information content (AvgIpc) is 3.26. The maximum Gasteiger partial charge on any atom is 0.416 e. The van der Waals surface area contributed by atoms with E-state index in [9.17, 15) is 35.9 Å². The summed E-state index contributed by atoms with van der Waals surface area (Å²) in [5, 5.41) is 0.175. The van der Waals surface area contributed by atoms with Gasteiger partial charge < -0.3 is 14.8 Å². The summed E-state index contributed by atoms with van der Waals surface area (Å²) in [6.45, 7) is 1.35. The predicted molar refractivity (Wildman–Crippen MR) is 128 cm³/mol. The fourth-order valence-corrected chi connectivity index (χ4v) is 4.59. The number of rotatable bonds is 4. The number of hydrogen-bond donors (Lipinski definition) is 1. The summed E-state index contributed by atoms with van der Waals surface area (Å²) in [6, 6.07) is 8.13. The molecular formula is C25H21F6N5O2. The van der Waals surface area contributed by atoms with Crippen molar-refractivity contribution in [3.8, 4) is 0 Å². The minimum absolute atomic E-state index is 0.0115. The van der Waals surface area contributed by atoms with Crippen LogP contribution < -0.4 is 10.5 Å². The van der Waals surface area contributed by atoms with Gasteiger partial charge in [-0.15, -0.1) is 0 Å². The second kappa shape index (κ2) is 9.37. The first kappa shape index (κ1) is 25.6. The molecule has 1 fully saturated rings. The zero-order chi connectivity index (χ0) is 27.2. The number of benzene rings is 2. The van der Waals surface area contributed by atoms with Gasteiger partial charge in [-0.05, 0) is 36.4 Å². The number of amides is 1. The number of alkyl halides is 6. The first-order valence-electron chi connectivity index (χ1n) is 11.7. The van der Waals surface area contributed by atoms with E-state index < -0.39 is 29.0 Å². The molecule has 0 atom stereocenters. The van der Waals surface area contributed by atoms with Crippen LogP contribution in [-0.2, 0) is 23.7 Å². The first-order chi connectivity index (χ1) is 17.9. The average molecular weight is 537 g/mol. The maximum absolute atomic E-state index is 13.1. The SMILES string of the molecule is O=C(CCn1cnc2c([nH]c3ccc(C(F)(F)F)cc32)c1=O)N1CCN(c2cccc(C(F)(F)F)c2)CC1. The lowest BCUT2D eigenvalue weighted by atomic mass is 10.1. The van der Waals surface area contributed by atoms with Crippen molar-refractivity contribution in [2.45, 2.75) is 25.3 Å². The zero-order valence-corrected chi connectivity index (χ0v) is 19.7. The van der Waals surface area contributed by atoms with Gasteiger partial charge in [-0.1, -0.05) is 6.07 Å². The molecule has 0 radical (unpaired) electrons. The lowest BCUT2D eigenvalue weighted by Crippen LogP contribution is -2.49. The van der Waals surface area contributed by atoms with Gasteiger partial charge in [-0.2, -0.15) is 26.3 Å². The maximum atomic E-state index is 13.1.